The van der Waals surface area contributed by atoms with E-state index in [1.165, 1.54) is 30.4 Å². The first-order valence-electron chi connectivity index (χ1n) is 6.33. The average molecular weight is 217 g/mol. The van der Waals surface area contributed by atoms with Crippen molar-refractivity contribution in [1.29, 1.82) is 0 Å². The van der Waals surface area contributed by atoms with Crippen LogP contribution in [0.3, 0.4) is 0 Å². The number of likely N-dealkylation sites (N-methyl/N-ethyl adjacent to an activating group) is 1. The maximum absolute atomic E-state index is 6.02. The smallest absolute Gasteiger partial charge is 0.125 e. The van der Waals surface area contributed by atoms with E-state index in [9.17, 15) is 0 Å². The molecule has 0 aromatic heterocycles. The van der Waals surface area contributed by atoms with Crippen molar-refractivity contribution in [2.75, 3.05) is 7.05 Å². The zero-order valence-electron chi connectivity index (χ0n) is 10.0. The fourth-order valence-corrected chi connectivity index (χ4v) is 3.06. The molecule has 2 aliphatic rings. The van der Waals surface area contributed by atoms with Crippen LogP contribution >= 0.6 is 0 Å². The molecule has 2 heteroatoms. The molecule has 1 aromatic rings. The third kappa shape index (κ3) is 1.36. The number of hydrogen-bond acceptors (Lipinski definition) is 2. The Labute approximate surface area is 97.0 Å². The van der Waals surface area contributed by atoms with Gasteiger partial charge in [0, 0.05) is 5.56 Å². The molecule has 2 unspecified atom stereocenters. The summed E-state index contributed by atoms with van der Waals surface area (Å²) in [6.45, 7) is 2.19. The number of rotatable bonds is 2. The molecular formula is C14H19NO. The third-order valence-electron chi connectivity index (χ3n) is 3.92. The first-order chi connectivity index (χ1) is 7.83. The number of aryl methyl sites for hydroxylation is 2. The Balaban J connectivity index is 2.03. The third-order valence-corrected chi connectivity index (χ3v) is 3.92. The van der Waals surface area contributed by atoms with Crippen LogP contribution in [0.4, 0.5) is 0 Å². The van der Waals surface area contributed by atoms with Crippen molar-refractivity contribution in [2.24, 2.45) is 0 Å². The van der Waals surface area contributed by atoms with Gasteiger partial charge < -0.3 is 10.1 Å². The number of ether oxygens (including phenoxy) is 1. The van der Waals surface area contributed by atoms with E-state index in [-0.39, 0.29) is 0 Å². The maximum Gasteiger partial charge on any atom is 0.125 e. The fourth-order valence-electron chi connectivity index (χ4n) is 3.06. The minimum atomic E-state index is 0.308. The van der Waals surface area contributed by atoms with Gasteiger partial charge in [-0.15, -0.1) is 0 Å². The summed E-state index contributed by atoms with van der Waals surface area (Å²) in [4.78, 5) is 0. The molecule has 2 atom stereocenters. The fraction of sp³-hybridized carbons (Fsp3) is 0.571. The minimum Gasteiger partial charge on any atom is -0.488 e. The Kier molecular flexibility index (Phi) is 2.40. The number of nitrogens with one attached hydrogen (secondary N) is 1. The van der Waals surface area contributed by atoms with Crippen LogP contribution in [0.1, 0.15) is 42.5 Å². The van der Waals surface area contributed by atoms with Crippen LogP contribution in [0.2, 0.25) is 0 Å². The van der Waals surface area contributed by atoms with E-state index in [0.717, 1.165) is 12.2 Å². The lowest BCUT2D eigenvalue weighted by atomic mass is 9.98. The molecule has 0 fully saturated rings. The van der Waals surface area contributed by atoms with E-state index < -0.39 is 0 Å². The largest absolute Gasteiger partial charge is 0.488 e. The van der Waals surface area contributed by atoms with E-state index in [0.29, 0.717) is 12.1 Å². The van der Waals surface area contributed by atoms with Crippen molar-refractivity contribution in [3.63, 3.8) is 0 Å². The Hall–Kier alpha value is -1.02. The second-order valence-electron chi connectivity index (χ2n) is 4.84. The maximum atomic E-state index is 6.02. The van der Waals surface area contributed by atoms with Gasteiger partial charge in [-0.05, 0) is 49.9 Å². The van der Waals surface area contributed by atoms with Crippen LogP contribution in [0.5, 0.6) is 5.75 Å². The van der Waals surface area contributed by atoms with E-state index in [4.69, 9.17) is 4.74 Å². The molecule has 86 valence electrons. The second kappa shape index (κ2) is 3.77. The molecule has 1 aliphatic carbocycles. The quantitative estimate of drug-likeness (QED) is 0.822. The highest BCUT2D eigenvalue weighted by molar-refractivity contribution is 5.49. The molecule has 1 aromatic carbocycles. The van der Waals surface area contributed by atoms with Crippen LogP contribution in [0, 0.1) is 0 Å². The van der Waals surface area contributed by atoms with Crippen LogP contribution in [-0.2, 0) is 12.8 Å². The van der Waals surface area contributed by atoms with Crippen molar-refractivity contribution in [1.82, 2.24) is 5.32 Å². The van der Waals surface area contributed by atoms with Crippen LogP contribution in [0.25, 0.3) is 0 Å². The summed E-state index contributed by atoms with van der Waals surface area (Å²) >= 11 is 0. The Morgan fingerprint density at radius 1 is 1.31 bits per heavy atom. The van der Waals surface area contributed by atoms with Gasteiger partial charge in [0.1, 0.15) is 11.9 Å². The Morgan fingerprint density at radius 2 is 2.06 bits per heavy atom. The molecule has 0 radical (unpaired) electrons. The van der Waals surface area contributed by atoms with Gasteiger partial charge in [0.15, 0.2) is 0 Å². The minimum absolute atomic E-state index is 0.308. The molecular weight excluding hydrogens is 198 g/mol. The molecule has 0 bridgehead atoms. The highest BCUT2D eigenvalue weighted by Crippen LogP contribution is 2.41. The summed E-state index contributed by atoms with van der Waals surface area (Å²) in [6, 6.07) is 5.03. The zero-order chi connectivity index (χ0) is 11.1. The molecule has 1 N–H and O–H groups in total. The van der Waals surface area contributed by atoms with E-state index >= 15 is 0 Å². The van der Waals surface area contributed by atoms with Crippen molar-refractivity contribution >= 4 is 0 Å². The first-order valence-corrected chi connectivity index (χ1v) is 6.33. The molecule has 0 saturated heterocycles. The SMILES string of the molecule is CCC1Oc2cc3c(cc2C1NC)CCC3. The summed E-state index contributed by atoms with van der Waals surface area (Å²) in [7, 11) is 2.03. The molecule has 0 spiro atoms. The zero-order valence-corrected chi connectivity index (χ0v) is 10.0. The van der Waals surface area contributed by atoms with Crippen LogP contribution < -0.4 is 10.1 Å². The number of hydrogen-bond donors (Lipinski definition) is 1. The summed E-state index contributed by atoms with van der Waals surface area (Å²) in [6.07, 6.45) is 5.15. The summed E-state index contributed by atoms with van der Waals surface area (Å²) < 4.78 is 6.02. The lowest BCUT2D eigenvalue weighted by Crippen LogP contribution is -2.27. The van der Waals surface area contributed by atoms with E-state index in [1.807, 2.05) is 7.05 Å². The van der Waals surface area contributed by atoms with Gasteiger partial charge in [0.25, 0.3) is 0 Å². The monoisotopic (exact) mass is 217 g/mol. The van der Waals surface area contributed by atoms with E-state index in [2.05, 4.69) is 24.4 Å². The van der Waals surface area contributed by atoms with Crippen LogP contribution in [0.15, 0.2) is 12.1 Å². The van der Waals surface area contributed by atoms with Crippen molar-refractivity contribution in [3.05, 3.63) is 28.8 Å². The topological polar surface area (TPSA) is 21.3 Å². The Morgan fingerprint density at radius 3 is 2.75 bits per heavy atom. The van der Waals surface area contributed by atoms with Gasteiger partial charge in [0.05, 0.1) is 6.04 Å². The highest BCUT2D eigenvalue weighted by atomic mass is 16.5. The molecule has 2 nitrogen and oxygen atoms in total. The summed E-state index contributed by atoms with van der Waals surface area (Å²) in [5.74, 6) is 1.12. The second-order valence-corrected chi connectivity index (χ2v) is 4.84. The van der Waals surface area contributed by atoms with Gasteiger partial charge >= 0.3 is 0 Å². The summed E-state index contributed by atoms with van der Waals surface area (Å²) in [5.41, 5.74) is 4.42. The van der Waals surface area contributed by atoms with E-state index in [1.54, 1.807) is 5.56 Å². The first kappa shape index (κ1) is 10.2. The van der Waals surface area contributed by atoms with Crippen molar-refractivity contribution in [3.8, 4) is 5.75 Å². The van der Waals surface area contributed by atoms with Gasteiger partial charge in [-0.25, -0.2) is 0 Å². The predicted octanol–water partition coefficient (Wildman–Crippen LogP) is 2.61. The molecule has 1 aliphatic heterocycles. The average Bonchev–Trinajstić information content (AvgIpc) is 2.87. The van der Waals surface area contributed by atoms with Crippen molar-refractivity contribution < 1.29 is 4.74 Å². The standard InChI is InChI=1S/C14H19NO/c1-3-12-14(15-2)11-7-9-5-4-6-10(9)8-13(11)16-12/h7-8,12,14-15H,3-6H2,1-2H3. The number of benzene rings is 1. The molecule has 0 saturated carbocycles. The van der Waals surface area contributed by atoms with Gasteiger partial charge in [-0.3, -0.25) is 0 Å². The molecule has 3 rings (SSSR count). The number of fused-ring (bicyclic) bond motifs is 2. The molecule has 0 amide bonds. The molecule has 16 heavy (non-hydrogen) atoms. The highest BCUT2D eigenvalue weighted by Gasteiger charge is 2.33. The van der Waals surface area contributed by atoms with Gasteiger partial charge in [0.2, 0.25) is 0 Å². The van der Waals surface area contributed by atoms with Crippen LogP contribution in [-0.4, -0.2) is 13.2 Å². The Bertz CT molecular complexity index is 413. The summed E-state index contributed by atoms with van der Waals surface area (Å²) in [5, 5.41) is 3.39. The lowest BCUT2D eigenvalue weighted by molar-refractivity contribution is 0.189. The van der Waals surface area contributed by atoms with Crippen molar-refractivity contribution in [2.45, 2.75) is 44.8 Å². The van der Waals surface area contributed by atoms with Gasteiger partial charge in [-0.1, -0.05) is 13.0 Å². The molecule has 1 heterocycles. The lowest BCUT2D eigenvalue weighted by Gasteiger charge is -2.16. The predicted molar refractivity (Wildman–Crippen MR) is 65.0 cm³/mol. The van der Waals surface area contributed by atoms with Gasteiger partial charge in [-0.2, -0.15) is 0 Å². The normalized spacial score (nSPS) is 26.4.